The summed E-state index contributed by atoms with van der Waals surface area (Å²) in [5.41, 5.74) is -0.410. The smallest absolute Gasteiger partial charge is 0.338 e. The van der Waals surface area contributed by atoms with E-state index < -0.39 is 40.2 Å². The van der Waals surface area contributed by atoms with Crippen LogP contribution < -0.4 is 5.32 Å². The van der Waals surface area contributed by atoms with E-state index >= 15 is 0 Å². The summed E-state index contributed by atoms with van der Waals surface area (Å²) in [5.74, 6) is -2.34. The second-order valence-electron chi connectivity index (χ2n) is 5.43. The standard InChI is InChI=1S/C17H13Cl4NO4/c1-7(15(23)8-5-3-2-4-6-8)22-16(24)9-10(17(25)26)12(19)14(21)13(20)11(9)18/h2-7,15,23H,1H3,(H,22,24)(H,25,26). The highest BCUT2D eigenvalue weighted by molar-refractivity contribution is 6.54. The number of hydrogen-bond acceptors (Lipinski definition) is 3. The van der Waals surface area contributed by atoms with Gasteiger partial charge in [0.05, 0.1) is 43.4 Å². The number of aliphatic hydroxyl groups is 1. The lowest BCUT2D eigenvalue weighted by molar-refractivity contribution is 0.0688. The van der Waals surface area contributed by atoms with Crippen LogP contribution in [0.3, 0.4) is 0 Å². The first kappa shape index (κ1) is 20.8. The number of aromatic carboxylic acids is 1. The third-order valence-corrected chi connectivity index (χ3v) is 5.48. The van der Waals surface area contributed by atoms with E-state index in [0.717, 1.165) is 0 Å². The van der Waals surface area contributed by atoms with Gasteiger partial charge in [-0.15, -0.1) is 0 Å². The highest BCUT2D eigenvalue weighted by Crippen LogP contribution is 2.41. The lowest BCUT2D eigenvalue weighted by Gasteiger charge is -2.22. The molecule has 0 fully saturated rings. The molecule has 9 heteroatoms. The van der Waals surface area contributed by atoms with Gasteiger partial charge in [-0.05, 0) is 12.5 Å². The van der Waals surface area contributed by atoms with E-state index in [-0.39, 0.29) is 15.1 Å². The van der Waals surface area contributed by atoms with Crippen molar-refractivity contribution in [2.45, 2.75) is 19.1 Å². The van der Waals surface area contributed by atoms with E-state index in [2.05, 4.69) is 5.32 Å². The van der Waals surface area contributed by atoms with Crippen LogP contribution in [0.5, 0.6) is 0 Å². The summed E-state index contributed by atoms with van der Waals surface area (Å²) in [6.07, 6.45) is -1.02. The zero-order chi connectivity index (χ0) is 19.6. The van der Waals surface area contributed by atoms with E-state index in [0.29, 0.717) is 5.56 Å². The Morgan fingerprint density at radius 2 is 1.42 bits per heavy atom. The number of nitrogens with one attached hydrogen (secondary N) is 1. The molecule has 0 aliphatic carbocycles. The molecule has 0 saturated heterocycles. The van der Waals surface area contributed by atoms with Gasteiger partial charge >= 0.3 is 5.97 Å². The van der Waals surface area contributed by atoms with Gasteiger partial charge in [-0.25, -0.2) is 4.79 Å². The number of carbonyl (C=O) groups excluding carboxylic acids is 1. The Kier molecular flexibility index (Phi) is 6.77. The van der Waals surface area contributed by atoms with Crippen LogP contribution in [0.4, 0.5) is 0 Å². The van der Waals surface area contributed by atoms with Crippen LogP contribution in [0.1, 0.15) is 39.3 Å². The summed E-state index contributed by atoms with van der Waals surface area (Å²) < 4.78 is 0. The van der Waals surface area contributed by atoms with E-state index in [1.807, 2.05) is 0 Å². The number of benzene rings is 2. The van der Waals surface area contributed by atoms with E-state index in [1.54, 1.807) is 37.3 Å². The van der Waals surface area contributed by atoms with Crippen molar-refractivity contribution in [1.82, 2.24) is 5.32 Å². The molecule has 2 rings (SSSR count). The van der Waals surface area contributed by atoms with Crippen LogP contribution in [-0.2, 0) is 0 Å². The Morgan fingerprint density at radius 3 is 1.92 bits per heavy atom. The van der Waals surface area contributed by atoms with Crippen LogP contribution in [0, 0.1) is 0 Å². The minimum absolute atomic E-state index is 0.232. The minimum Gasteiger partial charge on any atom is -0.478 e. The number of aliphatic hydroxyl groups excluding tert-OH is 1. The van der Waals surface area contributed by atoms with Crippen molar-refractivity contribution >= 4 is 58.3 Å². The van der Waals surface area contributed by atoms with Crippen LogP contribution in [-0.4, -0.2) is 28.1 Å². The molecule has 0 saturated carbocycles. The van der Waals surface area contributed by atoms with Gasteiger partial charge in [0.1, 0.15) is 0 Å². The summed E-state index contributed by atoms with van der Waals surface area (Å²) in [4.78, 5) is 24.2. The fourth-order valence-corrected chi connectivity index (χ4v) is 3.36. The number of hydrogen-bond donors (Lipinski definition) is 3. The maximum atomic E-state index is 12.6. The molecule has 2 aromatic carbocycles. The predicted molar refractivity (Wildman–Crippen MR) is 102 cm³/mol. The maximum absolute atomic E-state index is 12.6. The Hall–Kier alpha value is -1.50. The van der Waals surface area contributed by atoms with Crippen molar-refractivity contribution in [3.05, 3.63) is 67.1 Å². The molecule has 0 spiro atoms. The summed E-state index contributed by atoms with van der Waals surface area (Å²) >= 11 is 23.8. The van der Waals surface area contributed by atoms with Gasteiger partial charge in [0.25, 0.3) is 5.91 Å². The molecule has 0 bridgehead atoms. The highest BCUT2D eigenvalue weighted by atomic mass is 35.5. The Bertz CT molecular complexity index is 858. The molecule has 1 amide bonds. The monoisotopic (exact) mass is 435 g/mol. The van der Waals surface area contributed by atoms with Gasteiger partial charge in [-0.1, -0.05) is 76.7 Å². The van der Waals surface area contributed by atoms with Crippen molar-refractivity contribution in [3.63, 3.8) is 0 Å². The molecule has 2 unspecified atom stereocenters. The number of rotatable bonds is 5. The summed E-state index contributed by atoms with van der Waals surface area (Å²) in [6, 6.07) is 7.90. The van der Waals surface area contributed by atoms with Gasteiger partial charge in [0, 0.05) is 0 Å². The van der Waals surface area contributed by atoms with Crippen molar-refractivity contribution < 1.29 is 19.8 Å². The average Bonchev–Trinajstić information content (AvgIpc) is 2.62. The topological polar surface area (TPSA) is 86.6 Å². The first-order valence-electron chi connectivity index (χ1n) is 7.29. The quantitative estimate of drug-likeness (QED) is 0.461. The fraction of sp³-hybridized carbons (Fsp3) is 0.176. The number of amides is 1. The molecule has 0 aromatic heterocycles. The van der Waals surface area contributed by atoms with E-state index in [4.69, 9.17) is 46.4 Å². The molecule has 2 aromatic rings. The summed E-state index contributed by atoms with van der Waals surface area (Å²) in [6.45, 7) is 1.56. The maximum Gasteiger partial charge on any atom is 0.338 e. The van der Waals surface area contributed by atoms with Gasteiger partial charge < -0.3 is 15.5 Å². The number of carbonyl (C=O) groups is 2. The molecule has 0 heterocycles. The van der Waals surface area contributed by atoms with Crippen LogP contribution in [0.2, 0.25) is 20.1 Å². The zero-order valence-corrected chi connectivity index (χ0v) is 16.3. The van der Waals surface area contributed by atoms with Gasteiger partial charge in [-0.2, -0.15) is 0 Å². The van der Waals surface area contributed by atoms with Crippen molar-refractivity contribution in [2.75, 3.05) is 0 Å². The van der Waals surface area contributed by atoms with E-state index in [9.17, 15) is 19.8 Å². The highest BCUT2D eigenvalue weighted by Gasteiger charge is 2.30. The Morgan fingerprint density at radius 1 is 0.923 bits per heavy atom. The molecule has 0 radical (unpaired) electrons. The number of carboxylic acids is 1. The molecule has 5 nitrogen and oxygen atoms in total. The van der Waals surface area contributed by atoms with Crippen LogP contribution in [0.25, 0.3) is 0 Å². The SMILES string of the molecule is CC(NC(=O)c1c(Cl)c(Cl)c(Cl)c(Cl)c1C(=O)O)C(O)c1ccccc1. The third kappa shape index (κ3) is 4.08. The first-order valence-corrected chi connectivity index (χ1v) is 8.81. The molecule has 0 aliphatic rings. The molecule has 2 atom stereocenters. The number of carboxylic acid groups (broad SMARTS) is 1. The minimum atomic E-state index is -1.49. The average molecular weight is 437 g/mol. The molecular weight excluding hydrogens is 424 g/mol. The zero-order valence-electron chi connectivity index (χ0n) is 13.3. The van der Waals surface area contributed by atoms with Gasteiger partial charge in [0.15, 0.2) is 0 Å². The van der Waals surface area contributed by atoms with Crippen molar-refractivity contribution in [2.24, 2.45) is 0 Å². The Balaban J connectivity index is 2.39. The number of halogens is 4. The lowest BCUT2D eigenvalue weighted by Crippen LogP contribution is -2.38. The van der Waals surface area contributed by atoms with Crippen LogP contribution >= 0.6 is 46.4 Å². The second kappa shape index (κ2) is 8.46. The van der Waals surface area contributed by atoms with Crippen molar-refractivity contribution in [3.8, 4) is 0 Å². The third-order valence-electron chi connectivity index (χ3n) is 3.68. The van der Waals surface area contributed by atoms with Gasteiger partial charge in [0.2, 0.25) is 0 Å². The van der Waals surface area contributed by atoms with Gasteiger partial charge in [-0.3, -0.25) is 4.79 Å². The summed E-state index contributed by atoms with van der Waals surface area (Å²) in [7, 11) is 0. The lowest BCUT2D eigenvalue weighted by atomic mass is 10.0. The fourth-order valence-electron chi connectivity index (χ4n) is 2.34. The molecular formula is C17H13Cl4NO4. The Labute approximate surface area is 169 Å². The predicted octanol–water partition coefficient (Wildman–Crippen LogP) is 4.85. The normalized spacial score (nSPS) is 13.2. The van der Waals surface area contributed by atoms with E-state index in [1.165, 1.54) is 0 Å². The molecule has 3 N–H and O–H groups in total. The second-order valence-corrected chi connectivity index (χ2v) is 6.94. The molecule has 26 heavy (non-hydrogen) atoms. The van der Waals surface area contributed by atoms with Crippen molar-refractivity contribution in [1.29, 1.82) is 0 Å². The largest absolute Gasteiger partial charge is 0.478 e. The van der Waals surface area contributed by atoms with Crippen LogP contribution in [0.15, 0.2) is 30.3 Å². The summed E-state index contributed by atoms with van der Waals surface area (Å²) in [5, 5.41) is 21.0. The first-order chi connectivity index (χ1) is 12.2. The molecule has 138 valence electrons. The molecule has 0 aliphatic heterocycles.